The minimum atomic E-state index is -0.128. The summed E-state index contributed by atoms with van der Waals surface area (Å²) in [6, 6.07) is 16.1. The van der Waals surface area contributed by atoms with Crippen molar-refractivity contribution in [1.82, 2.24) is 15.3 Å². The average molecular weight is 305 g/mol. The van der Waals surface area contributed by atoms with Gasteiger partial charge in [0.15, 0.2) is 0 Å². The van der Waals surface area contributed by atoms with Crippen LogP contribution in [0.1, 0.15) is 36.4 Å². The van der Waals surface area contributed by atoms with Gasteiger partial charge >= 0.3 is 0 Å². The lowest BCUT2D eigenvalue weighted by molar-refractivity contribution is -0.127. The summed E-state index contributed by atoms with van der Waals surface area (Å²) in [6.07, 6.45) is 4.87. The van der Waals surface area contributed by atoms with Gasteiger partial charge in [0.2, 0.25) is 5.91 Å². The average Bonchev–Trinajstić information content (AvgIpc) is 2.99. The van der Waals surface area contributed by atoms with E-state index in [9.17, 15) is 4.79 Å². The van der Waals surface area contributed by atoms with Gasteiger partial charge in [-0.25, -0.2) is 4.98 Å². The Labute approximate surface area is 134 Å². The number of carbonyl (C=O) groups excluding carboxylic acids is 1. The first-order valence-electron chi connectivity index (χ1n) is 8.09. The molecule has 2 aromatic carbocycles. The van der Waals surface area contributed by atoms with Crippen LogP contribution in [0.15, 0.2) is 54.9 Å². The predicted molar refractivity (Wildman–Crippen MR) is 89.9 cm³/mol. The second-order valence-electron chi connectivity index (χ2n) is 6.16. The number of carbonyl (C=O) groups is 1. The number of imidazole rings is 1. The number of benzene rings is 2. The fourth-order valence-corrected chi connectivity index (χ4v) is 3.07. The van der Waals surface area contributed by atoms with E-state index < -0.39 is 0 Å². The van der Waals surface area contributed by atoms with Crippen molar-refractivity contribution in [1.29, 1.82) is 0 Å². The molecule has 0 saturated heterocycles. The zero-order valence-corrected chi connectivity index (χ0v) is 12.8. The van der Waals surface area contributed by atoms with Gasteiger partial charge in [0.1, 0.15) is 0 Å². The first-order chi connectivity index (χ1) is 11.3. The largest absolute Gasteiger partial charge is 0.345 e. The maximum atomic E-state index is 12.5. The highest BCUT2D eigenvalue weighted by Gasteiger charge is 2.28. The van der Waals surface area contributed by atoms with Gasteiger partial charge in [-0.2, -0.15) is 0 Å². The zero-order chi connectivity index (χ0) is 15.6. The molecule has 1 aliphatic rings. The minimum Gasteiger partial charge on any atom is -0.345 e. The Morgan fingerprint density at radius 2 is 1.96 bits per heavy atom. The minimum absolute atomic E-state index is 0.128. The molecule has 4 heteroatoms. The summed E-state index contributed by atoms with van der Waals surface area (Å²) in [5.41, 5.74) is 4.09. The molecular weight excluding hydrogens is 286 g/mol. The number of aromatic nitrogens is 2. The summed E-state index contributed by atoms with van der Waals surface area (Å²) >= 11 is 0. The number of fused-ring (bicyclic) bond motifs is 1. The molecule has 116 valence electrons. The molecule has 3 aromatic rings. The molecule has 4 rings (SSSR count). The Balaban J connectivity index is 1.69. The third-order valence-corrected chi connectivity index (χ3v) is 4.67. The van der Waals surface area contributed by atoms with Crippen LogP contribution < -0.4 is 5.32 Å². The van der Waals surface area contributed by atoms with Gasteiger partial charge in [-0.05, 0) is 36.1 Å². The summed E-state index contributed by atoms with van der Waals surface area (Å²) in [6.45, 7) is 0. The molecule has 4 nitrogen and oxygen atoms in total. The highest BCUT2D eigenvalue weighted by Crippen LogP contribution is 2.29. The molecule has 0 aliphatic heterocycles. The molecule has 1 aliphatic carbocycles. The number of amides is 1. The zero-order valence-electron chi connectivity index (χ0n) is 12.8. The van der Waals surface area contributed by atoms with Crippen molar-refractivity contribution in [2.24, 2.45) is 5.92 Å². The molecule has 0 spiro atoms. The van der Waals surface area contributed by atoms with Gasteiger partial charge < -0.3 is 10.3 Å². The van der Waals surface area contributed by atoms with E-state index in [1.54, 1.807) is 6.33 Å². The van der Waals surface area contributed by atoms with Crippen LogP contribution in [0.25, 0.3) is 11.0 Å². The monoisotopic (exact) mass is 305 g/mol. The molecule has 1 saturated carbocycles. The third kappa shape index (κ3) is 2.72. The van der Waals surface area contributed by atoms with Crippen molar-refractivity contribution >= 4 is 16.9 Å². The van der Waals surface area contributed by atoms with Crippen LogP contribution in [0.3, 0.4) is 0 Å². The second kappa shape index (κ2) is 5.88. The number of H-pyrrole nitrogens is 1. The van der Waals surface area contributed by atoms with E-state index in [0.717, 1.165) is 41.4 Å². The van der Waals surface area contributed by atoms with E-state index in [-0.39, 0.29) is 17.9 Å². The van der Waals surface area contributed by atoms with E-state index in [2.05, 4.69) is 33.5 Å². The Hall–Kier alpha value is -2.62. The molecule has 1 amide bonds. The number of nitrogens with zero attached hydrogens (tertiary/aromatic N) is 1. The number of nitrogens with one attached hydrogen (secondary N) is 2. The lowest BCUT2D eigenvalue weighted by atomic mass is 9.84. The Morgan fingerprint density at radius 3 is 2.70 bits per heavy atom. The smallest absolute Gasteiger partial charge is 0.223 e. The Bertz CT molecular complexity index is 821. The fourth-order valence-electron chi connectivity index (χ4n) is 3.07. The molecule has 1 aromatic heterocycles. The first-order valence-corrected chi connectivity index (χ1v) is 8.09. The van der Waals surface area contributed by atoms with E-state index in [0.29, 0.717) is 0 Å². The van der Waals surface area contributed by atoms with E-state index in [1.807, 2.05) is 30.3 Å². The Kier molecular flexibility index (Phi) is 3.58. The van der Waals surface area contributed by atoms with Gasteiger partial charge in [0, 0.05) is 5.92 Å². The molecule has 23 heavy (non-hydrogen) atoms. The Morgan fingerprint density at radius 1 is 1.13 bits per heavy atom. The SMILES string of the molecule is O=C(N[C@H](c1ccccc1)c1ccc2nc[nH]c2c1)C1CCC1. The summed E-state index contributed by atoms with van der Waals surface area (Å²) in [7, 11) is 0. The van der Waals surface area contributed by atoms with Gasteiger partial charge in [-0.3, -0.25) is 4.79 Å². The fraction of sp³-hybridized carbons (Fsp3) is 0.263. The summed E-state index contributed by atoms with van der Waals surface area (Å²) in [5.74, 6) is 0.340. The normalized spacial score (nSPS) is 16.0. The maximum Gasteiger partial charge on any atom is 0.223 e. The van der Waals surface area contributed by atoms with Gasteiger partial charge in [-0.1, -0.05) is 42.8 Å². The quantitative estimate of drug-likeness (QED) is 0.774. The van der Waals surface area contributed by atoms with Crippen LogP contribution in [0, 0.1) is 5.92 Å². The highest BCUT2D eigenvalue weighted by molar-refractivity contribution is 5.81. The van der Waals surface area contributed by atoms with Gasteiger partial charge in [0.25, 0.3) is 0 Å². The van der Waals surface area contributed by atoms with Crippen LogP contribution in [0.5, 0.6) is 0 Å². The molecule has 0 bridgehead atoms. The molecule has 1 heterocycles. The van der Waals surface area contributed by atoms with Crippen molar-refractivity contribution < 1.29 is 4.79 Å². The van der Waals surface area contributed by atoms with Crippen molar-refractivity contribution in [3.05, 3.63) is 66.0 Å². The predicted octanol–water partition coefficient (Wildman–Crippen LogP) is 3.57. The van der Waals surface area contributed by atoms with Crippen LogP contribution in [0.4, 0.5) is 0 Å². The van der Waals surface area contributed by atoms with Crippen LogP contribution in [-0.2, 0) is 4.79 Å². The number of hydrogen-bond donors (Lipinski definition) is 2. The lowest BCUT2D eigenvalue weighted by Crippen LogP contribution is -2.37. The van der Waals surface area contributed by atoms with Gasteiger partial charge in [0.05, 0.1) is 23.4 Å². The van der Waals surface area contributed by atoms with E-state index >= 15 is 0 Å². The van der Waals surface area contributed by atoms with Crippen molar-refractivity contribution in [2.75, 3.05) is 0 Å². The van der Waals surface area contributed by atoms with E-state index in [4.69, 9.17) is 0 Å². The molecule has 0 unspecified atom stereocenters. The number of rotatable bonds is 4. The number of hydrogen-bond acceptors (Lipinski definition) is 2. The highest BCUT2D eigenvalue weighted by atomic mass is 16.2. The topological polar surface area (TPSA) is 57.8 Å². The molecule has 0 radical (unpaired) electrons. The van der Waals surface area contributed by atoms with Gasteiger partial charge in [-0.15, -0.1) is 0 Å². The lowest BCUT2D eigenvalue weighted by Gasteiger charge is -2.28. The summed E-state index contributed by atoms with van der Waals surface area (Å²) in [4.78, 5) is 19.9. The molecule has 1 fully saturated rings. The molecule has 2 N–H and O–H groups in total. The second-order valence-corrected chi connectivity index (χ2v) is 6.16. The van der Waals surface area contributed by atoms with Crippen LogP contribution >= 0.6 is 0 Å². The number of aromatic amines is 1. The van der Waals surface area contributed by atoms with Crippen LogP contribution in [-0.4, -0.2) is 15.9 Å². The van der Waals surface area contributed by atoms with Crippen molar-refractivity contribution in [3.8, 4) is 0 Å². The van der Waals surface area contributed by atoms with E-state index in [1.165, 1.54) is 0 Å². The standard InChI is InChI=1S/C19H19N3O/c23-19(14-7-4-8-14)22-18(13-5-2-1-3-6-13)15-9-10-16-17(11-15)21-12-20-16/h1-3,5-6,9-12,14,18H,4,7-8H2,(H,20,21)(H,22,23)/t18-/m1/s1. The first kappa shape index (κ1) is 14.0. The third-order valence-electron chi connectivity index (χ3n) is 4.67. The summed E-state index contributed by atoms with van der Waals surface area (Å²) in [5, 5.41) is 3.24. The summed E-state index contributed by atoms with van der Waals surface area (Å²) < 4.78 is 0. The van der Waals surface area contributed by atoms with Crippen molar-refractivity contribution in [2.45, 2.75) is 25.3 Å². The van der Waals surface area contributed by atoms with Crippen LogP contribution in [0.2, 0.25) is 0 Å². The maximum absolute atomic E-state index is 12.5. The van der Waals surface area contributed by atoms with Crippen molar-refractivity contribution in [3.63, 3.8) is 0 Å². The molecular formula is C19H19N3O. The molecule has 1 atom stereocenters.